The summed E-state index contributed by atoms with van der Waals surface area (Å²) in [6.45, 7) is 4.68. The van der Waals surface area contributed by atoms with Crippen molar-refractivity contribution in [2.75, 3.05) is 26.9 Å². The van der Waals surface area contributed by atoms with Crippen molar-refractivity contribution >= 4 is 13.5 Å². The second kappa shape index (κ2) is 5.80. The molecule has 1 amide bonds. The molecule has 0 aromatic rings. The number of amides is 1. The van der Waals surface area contributed by atoms with Crippen LogP contribution in [0.4, 0.5) is 0 Å². The Kier molecular flexibility index (Phi) is 4.92. The van der Waals surface area contributed by atoms with Crippen LogP contribution in [-0.2, 0) is 18.4 Å². The van der Waals surface area contributed by atoms with E-state index in [0.29, 0.717) is 12.1 Å². The zero-order chi connectivity index (χ0) is 13.1. The van der Waals surface area contributed by atoms with Crippen molar-refractivity contribution in [1.82, 2.24) is 4.90 Å². The third-order valence-electron chi connectivity index (χ3n) is 2.85. The van der Waals surface area contributed by atoms with Crippen molar-refractivity contribution in [3.8, 4) is 0 Å². The monoisotopic (exact) mass is 261 g/mol. The first kappa shape index (κ1) is 14.4. The van der Waals surface area contributed by atoms with Crippen LogP contribution < -0.4 is 0 Å². The van der Waals surface area contributed by atoms with Gasteiger partial charge >= 0.3 is 7.60 Å². The zero-order valence-electron chi connectivity index (χ0n) is 10.8. The summed E-state index contributed by atoms with van der Waals surface area (Å²) in [7, 11) is -0.494. The third-order valence-corrected chi connectivity index (χ3v) is 4.70. The molecule has 17 heavy (non-hydrogen) atoms. The Morgan fingerprint density at radius 1 is 1.41 bits per heavy atom. The molecule has 0 saturated heterocycles. The van der Waals surface area contributed by atoms with Crippen LogP contribution in [0.3, 0.4) is 0 Å². The SMILES string of the molecule is CCCN1C(=O)C(CP(=O)(OC)OC)=CC1C. The van der Waals surface area contributed by atoms with E-state index < -0.39 is 7.60 Å². The highest BCUT2D eigenvalue weighted by atomic mass is 31.2. The molecule has 0 saturated carbocycles. The van der Waals surface area contributed by atoms with Crippen LogP contribution in [0.25, 0.3) is 0 Å². The average Bonchev–Trinajstić information content (AvgIpc) is 2.57. The van der Waals surface area contributed by atoms with Gasteiger partial charge in [-0.05, 0) is 13.3 Å². The Labute approximate surface area is 102 Å². The van der Waals surface area contributed by atoms with E-state index in [4.69, 9.17) is 9.05 Å². The predicted octanol–water partition coefficient (Wildman–Crippen LogP) is 2.04. The second-order valence-electron chi connectivity index (χ2n) is 4.07. The fraction of sp³-hybridized carbons (Fsp3) is 0.727. The van der Waals surface area contributed by atoms with E-state index in [-0.39, 0.29) is 18.1 Å². The van der Waals surface area contributed by atoms with E-state index in [2.05, 4.69) is 0 Å². The van der Waals surface area contributed by atoms with Crippen LogP contribution in [0.15, 0.2) is 11.6 Å². The Hall–Kier alpha value is -0.640. The lowest BCUT2D eigenvalue weighted by molar-refractivity contribution is -0.126. The van der Waals surface area contributed by atoms with Gasteiger partial charge in [0.2, 0.25) is 0 Å². The van der Waals surface area contributed by atoms with Crippen LogP contribution in [0.2, 0.25) is 0 Å². The highest BCUT2D eigenvalue weighted by Gasteiger charge is 2.34. The van der Waals surface area contributed by atoms with Crippen LogP contribution >= 0.6 is 7.60 Å². The molecule has 98 valence electrons. The van der Waals surface area contributed by atoms with Gasteiger partial charge in [0.15, 0.2) is 0 Å². The minimum absolute atomic E-state index is 0.0450. The molecule has 5 nitrogen and oxygen atoms in total. The Morgan fingerprint density at radius 2 is 2.00 bits per heavy atom. The maximum absolute atomic E-state index is 12.0. The third kappa shape index (κ3) is 3.18. The minimum atomic E-state index is -3.16. The largest absolute Gasteiger partial charge is 0.334 e. The number of rotatable bonds is 6. The first-order valence-corrected chi connectivity index (χ1v) is 7.42. The molecule has 0 aliphatic carbocycles. The van der Waals surface area contributed by atoms with Gasteiger partial charge in [0.05, 0.1) is 6.16 Å². The van der Waals surface area contributed by atoms with E-state index in [1.807, 2.05) is 19.9 Å². The lowest BCUT2D eigenvalue weighted by Gasteiger charge is -2.21. The standard InChI is InChI=1S/C11H20NO4P/c1-5-6-12-9(2)7-10(11(12)13)8-17(14,15-3)16-4/h7,9H,5-6,8H2,1-4H3. The average molecular weight is 261 g/mol. The highest BCUT2D eigenvalue weighted by molar-refractivity contribution is 7.54. The molecule has 0 fully saturated rings. The van der Waals surface area contributed by atoms with Gasteiger partial charge in [-0.1, -0.05) is 13.0 Å². The summed E-state index contributed by atoms with van der Waals surface area (Å²) in [5, 5.41) is 0. The van der Waals surface area contributed by atoms with Crippen molar-refractivity contribution < 1.29 is 18.4 Å². The van der Waals surface area contributed by atoms with Gasteiger partial charge in [0.1, 0.15) is 0 Å². The van der Waals surface area contributed by atoms with E-state index in [9.17, 15) is 9.36 Å². The van der Waals surface area contributed by atoms with E-state index in [1.54, 1.807) is 4.90 Å². The molecule has 0 radical (unpaired) electrons. The number of hydrogen-bond acceptors (Lipinski definition) is 4. The van der Waals surface area contributed by atoms with Crippen LogP contribution in [0, 0.1) is 0 Å². The molecule has 0 spiro atoms. The van der Waals surface area contributed by atoms with E-state index in [1.165, 1.54) is 14.2 Å². The summed E-state index contributed by atoms with van der Waals surface area (Å²) in [4.78, 5) is 13.8. The molecule has 1 atom stereocenters. The molecule has 0 N–H and O–H groups in total. The Bertz CT molecular complexity index is 358. The molecule has 1 heterocycles. The number of hydrogen-bond donors (Lipinski definition) is 0. The molecule has 0 aromatic heterocycles. The minimum Gasteiger partial charge on any atom is -0.333 e. The summed E-state index contributed by atoms with van der Waals surface area (Å²) < 4.78 is 21.7. The van der Waals surface area contributed by atoms with Crippen molar-refractivity contribution in [2.45, 2.75) is 26.3 Å². The van der Waals surface area contributed by atoms with Gasteiger partial charge in [0, 0.05) is 32.4 Å². The van der Waals surface area contributed by atoms with Gasteiger partial charge in [-0.15, -0.1) is 0 Å². The molecule has 0 aromatic carbocycles. The Morgan fingerprint density at radius 3 is 2.47 bits per heavy atom. The molecule has 6 heteroatoms. The normalized spacial score (nSPS) is 20.9. The van der Waals surface area contributed by atoms with Gasteiger partial charge < -0.3 is 13.9 Å². The van der Waals surface area contributed by atoms with Gasteiger partial charge in [-0.3, -0.25) is 9.36 Å². The first-order chi connectivity index (χ1) is 7.97. The van der Waals surface area contributed by atoms with Crippen molar-refractivity contribution in [1.29, 1.82) is 0 Å². The molecule has 0 bridgehead atoms. The van der Waals surface area contributed by atoms with Crippen LogP contribution in [-0.4, -0.2) is 43.8 Å². The van der Waals surface area contributed by atoms with Crippen molar-refractivity contribution in [3.05, 3.63) is 11.6 Å². The molecule has 1 rings (SSSR count). The second-order valence-corrected chi connectivity index (χ2v) is 6.33. The van der Waals surface area contributed by atoms with E-state index >= 15 is 0 Å². The lowest BCUT2D eigenvalue weighted by atomic mass is 10.3. The lowest BCUT2D eigenvalue weighted by Crippen LogP contribution is -2.33. The van der Waals surface area contributed by atoms with Crippen molar-refractivity contribution in [2.24, 2.45) is 0 Å². The van der Waals surface area contributed by atoms with Gasteiger partial charge in [0.25, 0.3) is 5.91 Å². The number of carbonyl (C=O) groups excluding carboxylic acids is 1. The highest BCUT2D eigenvalue weighted by Crippen LogP contribution is 2.48. The van der Waals surface area contributed by atoms with Crippen LogP contribution in [0.1, 0.15) is 20.3 Å². The summed E-state index contributed by atoms with van der Waals surface area (Å²) in [5.41, 5.74) is 0.526. The quantitative estimate of drug-likeness (QED) is 0.686. The smallest absolute Gasteiger partial charge is 0.333 e. The summed E-state index contributed by atoms with van der Waals surface area (Å²) in [6, 6.07) is 0.0552. The summed E-state index contributed by atoms with van der Waals surface area (Å²) in [5.74, 6) is -0.0614. The topological polar surface area (TPSA) is 55.8 Å². The van der Waals surface area contributed by atoms with Crippen molar-refractivity contribution in [3.63, 3.8) is 0 Å². The number of carbonyl (C=O) groups is 1. The molecule has 1 aliphatic rings. The fourth-order valence-corrected chi connectivity index (χ4v) is 2.97. The molecule has 1 aliphatic heterocycles. The predicted molar refractivity (Wildman–Crippen MR) is 66.0 cm³/mol. The van der Waals surface area contributed by atoms with Crippen LogP contribution in [0.5, 0.6) is 0 Å². The maximum atomic E-state index is 12.0. The van der Waals surface area contributed by atoms with Gasteiger partial charge in [-0.2, -0.15) is 0 Å². The number of nitrogens with zero attached hydrogens (tertiary/aromatic N) is 1. The molecular formula is C11H20NO4P. The summed E-state index contributed by atoms with van der Waals surface area (Å²) in [6.07, 6.45) is 2.79. The molecule has 1 unspecified atom stereocenters. The van der Waals surface area contributed by atoms with E-state index in [0.717, 1.165) is 6.42 Å². The maximum Gasteiger partial charge on any atom is 0.334 e. The fourth-order valence-electron chi connectivity index (χ4n) is 1.90. The summed E-state index contributed by atoms with van der Waals surface area (Å²) >= 11 is 0. The first-order valence-electron chi connectivity index (χ1n) is 5.69. The zero-order valence-corrected chi connectivity index (χ0v) is 11.7. The Balaban J connectivity index is 2.78. The molecular weight excluding hydrogens is 241 g/mol. The van der Waals surface area contributed by atoms with Gasteiger partial charge in [-0.25, -0.2) is 0 Å².